The SMILES string of the molecule is CCN(CC(=O)O)C(=O)CCSc1ccc(OC)cc1. The minimum absolute atomic E-state index is 0.129. The molecule has 20 heavy (non-hydrogen) atoms. The number of carboxylic acids is 1. The molecule has 0 unspecified atom stereocenters. The third-order valence-electron chi connectivity index (χ3n) is 2.70. The molecule has 0 fully saturated rings. The summed E-state index contributed by atoms with van der Waals surface area (Å²) in [6, 6.07) is 7.60. The van der Waals surface area contributed by atoms with Gasteiger partial charge in [0, 0.05) is 23.6 Å². The van der Waals surface area contributed by atoms with E-state index in [-0.39, 0.29) is 12.5 Å². The van der Waals surface area contributed by atoms with Crippen LogP contribution in [0.3, 0.4) is 0 Å². The highest BCUT2D eigenvalue weighted by Gasteiger charge is 2.14. The highest BCUT2D eigenvalue weighted by Crippen LogP contribution is 2.22. The Labute approximate surface area is 122 Å². The van der Waals surface area contributed by atoms with Crippen molar-refractivity contribution in [3.05, 3.63) is 24.3 Å². The number of thioether (sulfide) groups is 1. The second-order valence-electron chi connectivity index (χ2n) is 4.08. The number of rotatable bonds is 8. The fourth-order valence-electron chi connectivity index (χ4n) is 1.63. The van der Waals surface area contributed by atoms with Gasteiger partial charge in [0.05, 0.1) is 7.11 Å². The summed E-state index contributed by atoms with van der Waals surface area (Å²) in [5.74, 6) is 0.310. The number of methoxy groups -OCH3 is 1. The van der Waals surface area contributed by atoms with E-state index >= 15 is 0 Å². The van der Waals surface area contributed by atoms with Gasteiger partial charge in [0.25, 0.3) is 0 Å². The highest BCUT2D eigenvalue weighted by molar-refractivity contribution is 7.99. The number of amides is 1. The van der Waals surface area contributed by atoms with Crippen LogP contribution in [0.2, 0.25) is 0 Å². The number of carbonyl (C=O) groups excluding carboxylic acids is 1. The van der Waals surface area contributed by atoms with Crippen molar-refractivity contribution in [2.24, 2.45) is 0 Å². The number of likely N-dealkylation sites (N-methyl/N-ethyl adjacent to an activating group) is 1. The molecule has 1 rings (SSSR count). The van der Waals surface area contributed by atoms with Gasteiger partial charge in [-0.3, -0.25) is 9.59 Å². The Balaban J connectivity index is 2.38. The molecular weight excluding hydrogens is 278 g/mol. The Kier molecular flexibility index (Phi) is 6.93. The van der Waals surface area contributed by atoms with E-state index in [1.165, 1.54) is 4.90 Å². The molecule has 0 aromatic heterocycles. The second-order valence-corrected chi connectivity index (χ2v) is 5.24. The quantitative estimate of drug-likeness (QED) is 0.744. The number of hydrogen-bond donors (Lipinski definition) is 1. The first kappa shape index (κ1) is 16.4. The van der Waals surface area contributed by atoms with Gasteiger partial charge in [-0.25, -0.2) is 0 Å². The maximum Gasteiger partial charge on any atom is 0.323 e. The van der Waals surface area contributed by atoms with Crippen molar-refractivity contribution in [2.45, 2.75) is 18.2 Å². The maximum absolute atomic E-state index is 11.8. The molecule has 6 heteroatoms. The van der Waals surface area contributed by atoms with Crippen LogP contribution >= 0.6 is 11.8 Å². The molecule has 0 atom stereocenters. The standard InChI is InChI=1S/C14H19NO4S/c1-3-15(10-14(17)18)13(16)8-9-20-12-6-4-11(19-2)5-7-12/h4-7H,3,8-10H2,1-2H3,(H,17,18). The molecule has 0 bridgehead atoms. The van der Waals surface area contributed by atoms with Gasteiger partial charge in [0.15, 0.2) is 0 Å². The zero-order chi connectivity index (χ0) is 15.0. The topological polar surface area (TPSA) is 66.8 Å². The van der Waals surface area contributed by atoms with Gasteiger partial charge >= 0.3 is 5.97 Å². The Morgan fingerprint density at radius 1 is 1.30 bits per heavy atom. The van der Waals surface area contributed by atoms with Crippen molar-refractivity contribution in [2.75, 3.05) is 26.0 Å². The van der Waals surface area contributed by atoms with Crippen molar-refractivity contribution in [1.82, 2.24) is 4.90 Å². The van der Waals surface area contributed by atoms with Crippen LogP contribution in [0, 0.1) is 0 Å². The first-order chi connectivity index (χ1) is 9.56. The molecule has 0 aliphatic carbocycles. The van der Waals surface area contributed by atoms with Crippen LogP contribution in [0.5, 0.6) is 5.75 Å². The molecule has 0 radical (unpaired) electrons. The summed E-state index contributed by atoms with van der Waals surface area (Å²) in [6.07, 6.45) is 0.331. The van der Waals surface area contributed by atoms with Crippen molar-refractivity contribution < 1.29 is 19.4 Å². The minimum atomic E-state index is -0.983. The van der Waals surface area contributed by atoms with Gasteiger partial charge in [0.1, 0.15) is 12.3 Å². The average Bonchev–Trinajstić information content (AvgIpc) is 2.45. The van der Waals surface area contributed by atoms with Gasteiger partial charge in [0.2, 0.25) is 5.91 Å². The summed E-state index contributed by atoms with van der Waals surface area (Å²) in [6.45, 7) is 1.96. The lowest BCUT2D eigenvalue weighted by atomic mass is 10.3. The third kappa shape index (κ3) is 5.52. The van der Waals surface area contributed by atoms with Crippen molar-refractivity contribution in [1.29, 1.82) is 0 Å². The van der Waals surface area contributed by atoms with Gasteiger partial charge < -0.3 is 14.7 Å². The lowest BCUT2D eigenvalue weighted by Crippen LogP contribution is -2.35. The summed E-state index contributed by atoms with van der Waals surface area (Å²) < 4.78 is 5.07. The predicted octanol–water partition coefficient (Wildman–Crippen LogP) is 2.11. The summed E-state index contributed by atoms with van der Waals surface area (Å²) in [7, 11) is 1.61. The fourth-order valence-corrected chi connectivity index (χ4v) is 2.47. The number of carbonyl (C=O) groups is 2. The summed E-state index contributed by atoms with van der Waals surface area (Å²) in [5.41, 5.74) is 0. The number of nitrogens with zero attached hydrogens (tertiary/aromatic N) is 1. The lowest BCUT2D eigenvalue weighted by molar-refractivity contribution is -0.144. The van der Waals surface area contributed by atoms with Gasteiger partial charge in [-0.05, 0) is 31.2 Å². The van der Waals surface area contributed by atoms with E-state index < -0.39 is 5.97 Å². The molecule has 0 heterocycles. The number of hydrogen-bond acceptors (Lipinski definition) is 4. The smallest absolute Gasteiger partial charge is 0.323 e. The zero-order valence-electron chi connectivity index (χ0n) is 11.7. The Morgan fingerprint density at radius 3 is 2.45 bits per heavy atom. The first-order valence-electron chi connectivity index (χ1n) is 6.33. The van der Waals surface area contributed by atoms with Crippen LogP contribution < -0.4 is 4.74 Å². The van der Waals surface area contributed by atoms with Crippen LogP contribution in [-0.2, 0) is 9.59 Å². The maximum atomic E-state index is 11.8. The molecule has 1 amide bonds. The predicted molar refractivity (Wildman–Crippen MR) is 78.2 cm³/mol. The summed E-state index contributed by atoms with van der Waals surface area (Å²) in [5, 5.41) is 8.71. The molecule has 0 saturated carbocycles. The van der Waals surface area contributed by atoms with Crippen LogP contribution in [0.1, 0.15) is 13.3 Å². The Morgan fingerprint density at radius 2 is 1.95 bits per heavy atom. The molecule has 0 saturated heterocycles. The molecular formula is C14H19NO4S. The molecule has 110 valence electrons. The number of aliphatic carboxylic acids is 1. The molecule has 0 aliphatic heterocycles. The normalized spacial score (nSPS) is 10.1. The van der Waals surface area contributed by atoms with Crippen LogP contribution in [0.15, 0.2) is 29.2 Å². The van der Waals surface area contributed by atoms with Crippen LogP contribution in [0.25, 0.3) is 0 Å². The van der Waals surface area contributed by atoms with E-state index in [0.29, 0.717) is 18.7 Å². The molecule has 1 N–H and O–H groups in total. The van der Waals surface area contributed by atoms with E-state index in [1.54, 1.807) is 25.8 Å². The lowest BCUT2D eigenvalue weighted by Gasteiger charge is -2.18. The third-order valence-corrected chi connectivity index (χ3v) is 3.72. The molecule has 1 aromatic carbocycles. The largest absolute Gasteiger partial charge is 0.497 e. The van der Waals surface area contributed by atoms with E-state index in [1.807, 2.05) is 24.3 Å². The van der Waals surface area contributed by atoms with Crippen LogP contribution in [0.4, 0.5) is 0 Å². The van der Waals surface area contributed by atoms with Crippen LogP contribution in [-0.4, -0.2) is 47.8 Å². The molecule has 1 aromatic rings. The molecule has 0 spiro atoms. The van der Waals surface area contributed by atoms with E-state index in [2.05, 4.69) is 0 Å². The summed E-state index contributed by atoms with van der Waals surface area (Å²) >= 11 is 1.56. The van der Waals surface area contributed by atoms with Gasteiger partial charge in [-0.1, -0.05) is 0 Å². The molecule has 0 aliphatic rings. The summed E-state index contributed by atoms with van der Waals surface area (Å²) in [4.78, 5) is 24.8. The van der Waals surface area contributed by atoms with Gasteiger partial charge in [-0.15, -0.1) is 11.8 Å². The molecule has 5 nitrogen and oxygen atoms in total. The fraction of sp³-hybridized carbons (Fsp3) is 0.429. The van der Waals surface area contributed by atoms with Gasteiger partial charge in [-0.2, -0.15) is 0 Å². The average molecular weight is 297 g/mol. The number of carboxylic acid groups (broad SMARTS) is 1. The van der Waals surface area contributed by atoms with Crippen molar-refractivity contribution >= 4 is 23.6 Å². The van der Waals surface area contributed by atoms with E-state index in [9.17, 15) is 9.59 Å². The van der Waals surface area contributed by atoms with E-state index in [4.69, 9.17) is 9.84 Å². The number of ether oxygens (including phenoxy) is 1. The first-order valence-corrected chi connectivity index (χ1v) is 7.31. The van der Waals surface area contributed by atoms with E-state index in [0.717, 1.165) is 10.6 Å². The minimum Gasteiger partial charge on any atom is -0.497 e. The van der Waals surface area contributed by atoms with Crippen molar-refractivity contribution in [3.63, 3.8) is 0 Å². The van der Waals surface area contributed by atoms with Crippen molar-refractivity contribution in [3.8, 4) is 5.75 Å². The Bertz CT molecular complexity index is 447. The Hall–Kier alpha value is -1.69. The monoisotopic (exact) mass is 297 g/mol. The second kappa shape index (κ2) is 8.47. The zero-order valence-corrected chi connectivity index (χ0v) is 12.5. The highest BCUT2D eigenvalue weighted by atomic mass is 32.2. The number of benzene rings is 1.